The second kappa shape index (κ2) is 23.0. The Morgan fingerprint density at radius 2 is 2.07 bits per heavy atom. The second-order valence-corrected chi connectivity index (χ2v) is 1.99. The van der Waals surface area contributed by atoms with Gasteiger partial charge in [0.15, 0.2) is 0 Å². The van der Waals surface area contributed by atoms with Crippen molar-refractivity contribution in [2.45, 2.75) is 13.3 Å². The van der Waals surface area contributed by atoms with Crippen molar-refractivity contribution in [3.8, 4) is 0 Å². The van der Waals surface area contributed by atoms with Crippen LogP contribution in [0.3, 0.4) is 0 Å². The first-order chi connectivity index (χ1) is 7.31. The van der Waals surface area contributed by atoms with Crippen molar-refractivity contribution in [2.24, 2.45) is 0 Å². The predicted octanol–water partition coefficient (Wildman–Crippen LogP) is 0.589. The van der Waals surface area contributed by atoms with Gasteiger partial charge in [-0.1, -0.05) is 0 Å². The number of rotatable bonds is 6. The molecule has 0 atom stereocenters. The van der Waals surface area contributed by atoms with E-state index in [1.165, 1.54) is 0 Å². The summed E-state index contributed by atoms with van der Waals surface area (Å²) in [6.45, 7) is 9.87. The third-order valence-electron chi connectivity index (χ3n) is 1.10. The van der Waals surface area contributed by atoms with Gasteiger partial charge in [-0.3, -0.25) is 4.79 Å². The zero-order valence-electron chi connectivity index (χ0n) is 9.58. The molecule has 3 N–H and O–H groups in total. The minimum atomic E-state index is -0.346. The summed E-state index contributed by atoms with van der Waals surface area (Å²) >= 11 is 0. The summed E-state index contributed by atoms with van der Waals surface area (Å²) in [5.41, 5.74) is 0. The van der Waals surface area contributed by atoms with Crippen LogP contribution in [0, 0.1) is 5.41 Å². The number of hydrogen-bond donors (Lipinski definition) is 3. The highest BCUT2D eigenvalue weighted by Crippen LogP contribution is 1.79. The van der Waals surface area contributed by atoms with Crippen molar-refractivity contribution < 1.29 is 14.6 Å². The number of amides is 1. The van der Waals surface area contributed by atoms with Crippen LogP contribution in [0.4, 0.5) is 0 Å². The number of aliphatic hydroxyl groups is 1. The lowest BCUT2D eigenvalue weighted by molar-refractivity contribution is -0.114. The van der Waals surface area contributed by atoms with Crippen LogP contribution in [0.5, 0.6) is 0 Å². The molecule has 0 radical (unpaired) electrons. The van der Waals surface area contributed by atoms with E-state index < -0.39 is 0 Å². The molecule has 0 fully saturated rings. The average molecular weight is 218 g/mol. The molecule has 0 heterocycles. The summed E-state index contributed by atoms with van der Waals surface area (Å²) in [4.78, 5) is 10.4. The lowest BCUT2D eigenvalue weighted by Gasteiger charge is -2.01. The third-order valence-corrected chi connectivity index (χ3v) is 1.10. The number of carbonyl (C=O) groups excluding carboxylic acids is 1. The van der Waals surface area contributed by atoms with Gasteiger partial charge in [-0.05, 0) is 13.3 Å². The maximum Gasteiger partial charge on any atom is 0.261 e. The Morgan fingerprint density at radius 1 is 1.53 bits per heavy atom. The summed E-state index contributed by atoms with van der Waals surface area (Å²) in [7, 11) is 1.00. The molecule has 15 heavy (non-hydrogen) atoms. The molecule has 0 bridgehead atoms. The molecule has 0 rings (SSSR count). The van der Waals surface area contributed by atoms with Crippen LogP contribution < -0.4 is 5.32 Å². The number of hydrogen-bond acceptors (Lipinski definition) is 4. The highest BCUT2D eigenvalue weighted by molar-refractivity contribution is 6.24. The zero-order valence-corrected chi connectivity index (χ0v) is 9.58. The standard InChI is InChI=1S/C7H14N2O2.C2H4.CH4O/c1-2-11-5-3-4-9-7(10)6-8;2*1-2/h6,8H,2-5H2,1H3,(H,9,10);1-2H2;2H,1H3. The molecular weight excluding hydrogens is 196 g/mol. The van der Waals surface area contributed by atoms with Crippen molar-refractivity contribution >= 4 is 12.1 Å². The van der Waals surface area contributed by atoms with Gasteiger partial charge in [-0.2, -0.15) is 0 Å². The first-order valence-electron chi connectivity index (χ1n) is 4.62. The third kappa shape index (κ3) is 24.5. The molecule has 0 aromatic carbocycles. The molecule has 0 saturated carbocycles. The normalized spacial score (nSPS) is 7.40. The van der Waals surface area contributed by atoms with Gasteiger partial charge in [0.2, 0.25) is 0 Å². The highest BCUT2D eigenvalue weighted by Gasteiger charge is 1.92. The SMILES string of the molecule is C=C.CCOCCCNC(=O)C=N.CO. The van der Waals surface area contributed by atoms with E-state index in [-0.39, 0.29) is 5.91 Å². The molecule has 0 aliphatic heterocycles. The van der Waals surface area contributed by atoms with Crippen LogP contribution in [-0.2, 0) is 9.53 Å². The van der Waals surface area contributed by atoms with Crippen molar-refractivity contribution in [3.63, 3.8) is 0 Å². The molecule has 0 aliphatic rings. The van der Waals surface area contributed by atoms with Gasteiger partial charge in [0.1, 0.15) is 0 Å². The monoisotopic (exact) mass is 218 g/mol. The Bertz CT molecular complexity index is 141. The van der Waals surface area contributed by atoms with Gasteiger partial charge in [0.05, 0.1) is 6.21 Å². The molecule has 0 spiro atoms. The molecule has 0 aromatic heterocycles. The number of aliphatic hydroxyl groups excluding tert-OH is 1. The molecule has 0 unspecified atom stereocenters. The van der Waals surface area contributed by atoms with Gasteiger partial charge < -0.3 is 20.6 Å². The minimum absolute atomic E-state index is 0.346. The number of ether oxygens (including phenoxy) is 1. The summed E-state index contributed by atoms with van der Waals surface area (Å²) in [6.07, 6.45) is 1.56. The van der Waals surface area contributed by atoms with Crippen LogP contribution in [0.25, 0.3) is 0 Å². The maximum absolute atomic E-state index is 10.4. The highest BCUT2D eigenvalue weighted by atomic mass is 16.5. The van der Waals surface area contributed by atoms with Gasteiger partial charge in [0.25, 0.3) is 5.91 Å². The van der Waals surface area contributed by atoms with E-state index in [0.717, 1.165) is 19.7 Å². The molecular formula is C10H22N2O3. The van der Waals surface area contributed by atoms with E-state index >= 15 is 0 Å². The number of carbonyl (C=O) groups is 1. The first-order valence-corrected chi connectivity index (χ1v) is 4.62. The van der Waals surface area contributed by atoms with E-state index in [1.807, 2.05) is 6.92 Å². The first kappa shape index (κ1) is 19.4. The van der Waals surface area contributed by atoms with Gasteiger partial charge in [-0.15, -0.1) is 13.2 Å². The van der Waals surface area contributed by atoms with Crippen molar-refractivity contribution in [1.29, 1.82) is 5.41 Å². The summed E-state index contributed by atoms with van der Waals surface area (Å²) in [6, 6.07) is 0. The Balaban J connectivity index is -0.000000318. The van der Waals surface area contributed by atoms with Gasteiger partial charge >= 0.3 is 0 Å². The van der Waals surface area contributed by atoms with Crippen LogP contribution in [-0.4, -0.2) is 44.1 Å². The van der Waals surface area contributed by atoms with Crippen molar-refractivity contribution in [1.82, 2.24) is 5.32 Å². The van der Waals surface area contributed by atoms with E-state index in [1.54, 1.807) is 0 Å². The van der Waals surface area contributed by atoms with Gasteiger partial charge in [-0.25, -0.2) is 0 Å². The fraction of sp³-hybridized carbons (Fsp3) is 0.600. The van der Waals surface area contributed by atoms with E-state index in [2.05, 4.69) is 18.5 Å². The molecule has 5 nitrogen and oxygen atoms in total. The van der Waals surface area contributed by atoms with Crippen LogP contribution in [0.2, 0.25) is 0 Å². The summed E-state index contributed by atoms with van der Waals surface area (Å²) in [5, 5.41) is 16.1. The lowest BCUT2D eigenvalue weighted by atomic mass is 10.4. The Hall–Kier alpha value is -1.20. The fourth-order valence-corrected chi connectivity index (χ4v) is 0.581. The Morgan fingerprint density at radius 3 is 2.47 bits per heavy atom. The smallest absolute Gasteiger partial charge is 0.261 e. The summed E-state index contributed by atoms with van der Waals surface area (Å²) < 4.78 is 5.04. The molecule has 90 valence electrons. The molecule has 0 aliphatic carbocycles. The van der Waals surface area contributed by atoms with Crippen molar-refractivity contribution in [3.05, 3.63) is 13.2 Å². The summed E-state index contributed by atoms with van der Waals surface area (Å²) in [5.74, 6) is -0.346. The van der Waals surface area contributed by atoms with E-state index in [9.17, 15) is 4.79 Å². The zero-order chi connectivity index (χ0) is 12.5. The molecule has 0 saturated heterocycles. The Kier molecular flexibility index (Phi) is 29.7. The lowest BCUT2D eigenvalue weighted by Crippen LogP contribution is -2.25. The number of nitrogens with one attached hydrogen (secondary N) is 2. The van der Waals surface area contributed by atoms with E-state index in [4.69, 9.17) is 15.3 Å². The largest absolute Gasteiger partial charge is 0.400 e. The predicted molar refractivity (Wildman–Crippen MR) is 62.3 cm³/mol. The van der Waals surface area contributed by atoms with Gasteiger partial charge in [0, 0.05) is 26.9 Å². The van der Waals surface area contributed by atoms with Crippen LogP contribution >= 0.6 is 0 Å². The molecule has 5 heteroatoms. The van der Waals surface area contributed by atoms with Crippen molar-refractivity contribution in [2.75, 3.05) is 26.9 Å². The maximum atomic E-state index is 10.4. The second-order valence-electron chi connectivity index (χ2n) is 1.99. The quantitative estimate of drug-likeness (QED) is 0.346. The fourth-order valence-electron chi connectivity index (χ4n) is 0.581. The Labute approximate surface area is 91.7 Å². The average Bonchev–Trinajstić information content (AvgIpc) is 2.33. The van der Waals surface area contributed by atoms with Crippen LogP contribution in [0.15, 0.2) is 13.2 Å². The minimum Gasteiger partial charge on any atom is -0.400 e. The van der Waals surface area contributed by atoms with E-state index in [0.29, 0.717) is 19.8 Å². The topological polar surface area (TPSA) is 82.4 Å². The van der Waals surface area contributed by atoms with Crippen LogP contribution in [0.1, 0.15) is 13.3 Å². The molecule has 0 aromatic rings. The molecule has 1 amide bonds.